The van der Waals surface area contributed by atoms with Crippen LogP contribution in [-0.2, 0) is 0 Å². The number of rotatable bonds is 2. The fraction of sp³-hybridized carbons (Fsp3) is 0.0667. The summed E-state index contributed by atoms with van der Waals surface area (Å²) in [6.07, 6.45) is 0. The highest BCUT2D eigenvalue weighted by Crippen LogP contribution is 2.21. The Morgan fingerprint density at radius 2 is 1.50 bits per heavy atom. The Balaban J connectivity index is 2.08. The van der Waals surface area contributed by atoms with Crippen LogP contribution >= 0.6 is 0 Å². The minimum atomic E-state index is -0.294. The Morgan fingerprint density at radius 3 is 2.06 bits per heavy atom. The smallest absolute Gasteiger partial charge is 0.127 e. The largest absolute Gasteiger partial charge is 0.457 e. The predicted molar refractivity (Wildman–Crippen MR) is 66.9 cm³/mol. The van der Waals surface area contributed by atoms with Gasteiger partial charge in [-0.05, 0) is 48.5 Å². The minimum Gasteiger partial charge on any atom is -0.457 e. The number of aliphatic hydroxyl groups excluding tert-OH is 1. The van der Waals surface area contributed by atoms with Crippen molar-refractivity contribution in [1.29, 1.82) is 0 Å². The Labute approximate surface area is 105 Å². The standard InChI is InChI=1S/C15H11FO2/c16-13-5-9-15(10-6-13)18-14-7-3-12(4-8-14)2-1-11-17/h3-10,17H,11H2. The second kappa shape index (κ2) is 5.85. The molecular formula is C15H11FO2. The first-order chi connectivity index (χ1) is 8.78. The van der Waals surface area contributed by atoms with Crippen molar-refractivity contribution in [1.82, 2.24) is 0 Å². The molecule has 2 rings (SSSR count). The number of hydrogen-bond donors (Lipinski definition) is 1. The normalized spacial score (nSPS) is 9.44. The van der Waals surface area contributed by atoms with Gasteiger partial charge in [-0.25, -0.2) is 4.39 Å². The number of hydrogen-bond acceptors (Lipinski definition) is 2. The summed E-state index contributed by atoms with van der Waals surface area (Å²) in [5, 5.41) is 8.57. The molecule has 0 bridgehead atoms. The van der Waals surface area contributed by atoms with Gasteiger partial charge in [0.15, 0.2) is 0 Å². The van der Waals surface area contributed by atoms with Crippen LogP contribution in [0.2, 0.25) is 0 Å². The molecule has 90 valence electrons. The van der Waals surface area contributed by atoms with Crippen LogP contribution in [0.3, 0.4) is 0 Å². The van der Waals surface area contributed by atoms with E-state index in [2.05, 4.69) is 11.8 Å². The molecule has 2 aromatic carbocycles. The fourth-order valence-electron chi connectivity index (χ4n) is 1.39. The zero-order chi connectivity index (χ0) is 12.8. The quantitative estimate of drug-likeness (QED) is 0.820. The van der Waals surface area contributed by atoms with E-state index in [0.717, 1.165) is 5.56 Å². The van der Waals surface area contributed by atoms with Crippen molar-refractivity contribution in [3.8, 4) is 23.3 Å². The lowest BCUT2D eigenvalue weighted by Gasteiger charge is -2.05. The van der Waals surface area contributed by atoms with E-state index >= 15 is 0 Å². The average Bonchev–Trinajstić information content (AvgIpc) is 2.41. The summed E-state index contributed by atoms with van der Waals surface area (Å²) in [5.74, 6) is 6.28. The summed E-state index contributed by atoms with van der Waals surface area (Å²) >= 11 is 0. The van der Waals surface area contributed by atoms with Crippen LogP contribution in [-0.4, -0.2) is 11.7 Å². The van der Waals surface area contributed by atoms with Crippen LogP contribution in [0.4, 0.5) is 4.39 Å². The predicted octanol–water partition coefficient (Wildman–Crippen LogP) is 2.96. The molecule has 2 nitrogen and oxygen atoms in total. The second-order valence-electron chi connectivity index (χ2n) is 3.54. The maximum Gasteiger partial charge on any atom is 0.127 e. The number of benzene rings is 2. The van der Waals surface area contributed by atoms with Crippen LogP contribution in [0.25, 0.3) is 0 Å². The molecule has 18 heavy (non-hydrogen) atoms. The molecule has 0 aliphatic rings. The lowest BCUT2D eigenvalue weighted by Crippen LogP contribution is -1.85. The molecule has 0 amide bonds. The summed E-state index contributed by atoms with van der Waals surface area (Å²) in [6, 6.07) is 12.9. The highest BCUT2D eigenvalue weighted by molar-refractivity contribution is 5.40. The highest BCUT2D eigenvalue weighted by atomic mass is 19.1. The van der Waals surface area contributed by atoms with Crippen molar-refractivity contribution in [3.05, 3.63) is 59.9 Å². The molecule has 2 aromatic rings. The van der Waals surface area contributed by atoms with Gasteiger partial charge < -0.3 is 9.84 Å². The van der Waals surface area contributed by atoms with Crippen LogP contribution in [0.15, 0.2) is 48.5 Å². The fourth-order valence-corrected chi connectivity index (χ4v) is 1.39. The maximum atomic E-state index is 12.7. The summed E-state index contributed by atoms with van der Waals surface area (Å²) in [4.78, 5) is 0. The van der Waals surface area contributed by atoms with Crippen molar-refractivity contribution in [2.45, 2.75) is 0 Å². The third kappa shape index (κ3) is 3.34. The van der Waals surface area contributed by atoms with Gasteiger partial charge in [-0.3, -0.25) is 0 Å². The van der Waals surface area contributed by atoms with Crippen LogP contribution < -0.4 is 4.74 Å². The number of halogens is 1. The first kappa shape index (κ1) is 12.2. The monoisotopic (exact) mass is 242 g/mol. The van der Waals surface area contributed by atoms with E-state index in [-0.39, 0.29) is 12.4 Å². The van der Waals surface area contributed by atoms with Gasteiger partial charge in [0.05, 0.1) is 0 Å². The number of ether oxygens (including phenoxy) is 1. The Morgan fingerprint density at radius 1 is 0.944 bits per heavy atom. The molecule has 0 atom stereocenters. The summed E-state index contributed by atoms with van der Waals surface area (Å²) in [6.45, 7) is -0.159. The maximum absolute atomic E-state index is 12.7. The molecule has 0 radical (unpaired) electrons. The SMILES string of the molecule is OCC#Cc1ccc(Oc2ccc(F)cc2)cc1. The Kier molecular flexibility index (Phi) is 3.95. The average molecular weight is 242 g/mol. The van der Waals surface area contributed by atoms with E-state index in [1.807, 2.05) is 0 Å². The molecule has 0 aliphatic carbocycles. The van der Waals surface area contributed by atoms with E-state index < -0.39 is 0 Å². The van der Waals surface area contributed by atoms with Gasteiger partial charge in [-0.1, -0.05) is 11.8 Å². The lowest BCUT2D eigenvalue weighted by atomic mass is 10.2. The molecule has 3 heteroatoms. The third-order valence-electron chi connectivity index (χ3n) is 2.22. The first-order valence-corrected chi connectivity index (χ1v) is 5.41. The Hall–Kier alpha value is -2.31. The molecular weight excluding hydrogens is 231 g/mol. The Bertz CT molecular complexity index is 562. The van der Waals surface area contributed by atoms with E-state index in [0.29, 0.717) is 11.5 Å². The summed E-state index contributed by atoms with van der Waals surface area (Å²) in [7, 11) is 0. The minimum absolute atomic E-state index is 0.159. The van der Waals surface area contributed by atoms with Gasteiger partial charge in [-0.15, -0.1) is 0 Å². The van der Waals surface area contributed by atoms with Crippen LogP contribution in [0, 0.1) is 17.7 Å². The third-order valence-corrected chi connectivity index (χ3v) is 2.22. The molecule has 0 saturated heterocycles. The van der Waals surface area contributed by atoms with Gasteiger partial charge in [0.1, 0.15) is 23.9 Å². The van der Waals surface area contributed by atoms with Crippen molar-refractivity contribution >= 4 is 0 Å². The van der Waals surface area contributed by atoms with Crippen molar-refractivity contribution in [2.24, 2.45) is 0 Å². The van der Waals surface area contributed by atoms with Gasteiger partial charge in [0, 0.05) is 5.56 Å². The van der Waals surface area contributed by atoms with Gasteiger partial charge in [0.2, 0.25) is 0 Å². The first-order valence-electron chi connectivity index (χ1n) is 5.41. The molecule has 0 unspecified atom stereocenters. The van der Waals surface area contributed by atoms with Gasteiger partial charge in [-0.2, -0.15) is 0 Å². The van der Waals surface area contributed by atoms with E-state index in [9.17, 15) is 4.39 Å². The van der Waals surface area contributed by atoms with Crippen molar-refractivity contribution in [3.63, 3.8) is 0 Å². The van der Waals surface area contributed by atoms with Crippen molar-refractivity contribution < 1.29 is 14.2 Å². The molecule has 0 fully saturated rings. The molecule has 0 aromatic heterocycles. The van der Waals surface area contributed by atoms with E-state index in [4.69, 9.17) is 9.84 Å². The van der Waals surface area contributed by atoms with Gasteiger partial charge in [0.25, 0.3) is 0 Å². The highest BCUT2D eigenvalue weighted by Gasteiger charge is 1.97. The lowest BCUT2D eigenvalue weighted by molar-refractivity contribution is 0.350. The molecule has 0 spiro atoms. The molecule has 0 aliphatic heterocycles. The van der Waals surface area contributed by atoms with Gasteiger partial charge >= 0.3 is 0 Å². The topological polar surface area (TPSA) is 29.5 Å². The molecule has 0 saturated carbocycles. The second-order valence-corrected chi connectivity index (χ2v) is 3.54. The van der Waals surface area contributed by atoms with Crippen LogP contribution in [0.1, 0.15) is 5.56 Å². The van der Waals surface area contributed by atoms with E-state index in [1.165, 1.54) is 12.1 Å². The van der Waals surface area contributed by atoms with Crippen LogP contribution in [0.5, 0.6) is 11.5 Å². The molecule has 0 heterocycles. The van der Waals surface area contributed by atoms with Crippen molar-refractivity contribution in [2.75, 3.05) is 6.61 Å². The summed E-state index contributed by atoms with van der Waals surface area (Å²) in [5.41, 5.74) is 0.801. The van der Waals surface area contributed by atoms with E-state index in [1.54, 1.807) is 36.4 Å². The summed E-state index contributed by atoms with van der Waals surface area (Å²) < 4.78 is 18.2. The zero-order valence-corrected chi connectivity index (χ0v) is 9.56. The number of aliphatic hydroxyl groups is 1. The zero-order valence-electron chi connectivity index (χ0n) is 9.56. The molecule has 1 N–H and O–H groups in total.